The molecule has 1 heterocycles. The Balaban J connectivity index is 1.93. The summed E-state index contributed by atoms with van der Waals surface area (Å²) in [6.07, 6.45) is 8.51. The third kappa shape index (κ3) is 3.16. The first-order chi connectivity index (χ1) is 10.4. The van der Waals surface area contributed by atoms with Gasteiger partial charge in [0.05, 0.1) is 17.6 Å². The van der Waals surface area contributed by atoms with E-state index >= 15 is 0 Å². The van der Waals surface area contributed by atoms with Crippen LogP contribution in [0.4, 0.5) is 0 Å². The fraction of sp³-hybridized carbons (Fsp3) is 0.529. The molecule has 0 radical (unpaired) electrons. The summed E-state index contributed by atoms with van der Waals surface area (Å²) in [5.41, 5.74) is 2.38. The van der Waals surface area contributed by atoms with Crippen molar-refractivity contribution in [1.29, 1.82) is 0 Å². The second-order valence-electron chi connectivity index (χ2n) is 5.97. The third-order valence-electron chi connectivity index (χ3n) is 4.58. The molecule has 1 saturated carbocycles. The second-order valence-corrected chi connectivity index (χ2v) is 5.97. The van der Waals surface area contributed by atoms with Crippen LogP contribution in [-0.4, -0.2) is 28.6 Å². The van der Waals surface area contributed by atoms with Crippen LogP contribution < -0.4 is 5.32 Å². The summed E-state index contributed by atoms with van der Waals surface area (Å²) < 4.78 is 2.03. The topological polar surface area (TPSA) is 42.7 Å². The molecule has 0 saturated heterocycles. The number of para-hydroxylation sites is 1. The van der Waals surface area contributed by atoms with E-state index in [0.29, 0.717) is 11.8 Å². The van der Waals surface area contributed by atoms with E-state index in [0.717, 1.165) is 12.2 Å². The molecule has 112 valence electrons. The highest BCUT2D eigenvalue weighted by atomic mass is 15.4. The molecule has 4 heteroatoms. The summed E-state index contributed by atoms with van der Waals surface area (Å²) in [5.74, 6) is 1.23. The summed E-state index contributed by atoms with van der Waals surface area (Å²) in [7, 11) is 2.05. The zero-order valence-corrected chi connectivity index (χ0v) is 12.7. The number of nitrogens with one attached hydrogen (secondary N) is 1. The van der Waals surface area contributed by atoms with Gasteiger partial charge in [-0.25, -0.2) is 4.68 Å². The highest BCUT2D eigenvalue weighted by Crippen LogP contribution is 2.36. The number of hydrogen-bond donors (Lipinski definition) is 1. The van der Waals surface area contributed by atoms with Crippen LogP contribution in [0.5, 0.6) is 0 Å². The quantitative estimate of drug-likeness (QED) is 0.877. The molecule has 1 aromatic heterocycles. The average Bonchev–Trinajstić information content (AvgIpc) is 2.89. The van der Waals surface area contributed by atoms with Crippen LogP contribution in [0, 0.1) is 5.92 Å². The molecule has 1 aromatic carbocycles. The monoisotopic (exact) mass is 284 g/mol. The molecule has 0 bridgehead atoms. The van der Waals surface area contributed by atoms with Gasteiger partial charge in [0.15, 0.2) is 0 Å². The number of hydrogen-bond acceptors (Lipinski definition) is 3. The van der Waals surface area contributed by atoms with Crippen molar-refractivity contribution in [1.82, 2.24) is 20.3 Å². The van der Waals surface area contributed by atoms with Crippen molar-refractivity contribution in [2.24, 2.45) is 5.92 Å². The van der Waals surface area contributed by atoms with Crippen molar-refractivity contribution in [2.45, 2.75) is 38.0 Å². The van der Waals surface area contributed by atoms with Crippen LogP contribution in [0.1, 0.15) is 43.7 Å². The first kappa shape index (κ1) is 14.3. The molecular formula is C17H24N4. The van der Waals surface area contributed by atoms with Gasteiger partial charge in [0, 0.05) is 5.92 Å². The Morgan fingerprint density at radius 3 is 2.76 bits per heavy atom. The van der Waals surface area contributed by atoms with E-state index in [1.54, 1.807) is 0 Å². The fourth-order valence-electron chi connectivity index (χ4n) is 3.55. The molecule has 2 atom stereocenters. The Hall–Kier alpha value is -1.68. The molecule has 1 aliphatic rings. The lowest BCUT2D eigenvalue weighted by Gasteiger charge is -2.25. The van der Waals surface area contributed by atoms with Crippen LogP contribution >= 0.6 is 0 Å². The van der Waals surface area contributed by atoms with Gasteiger partial charge in [0.25, 0.3) is 0 Å². The zero-order valence-electron chi connectivity index (χ0n) is 12.7. The smallest absolute Gasteiger partial charge is 0.0732 e. The summed E-state index contributed by atoms with van der Waals surface area (Å²) >= 11 is 0. The SMILES string of the molecule is CNCC1CCCCCC1c1cnnn1-c1ccccc1. The van der Waals surface area contributed by atoms with Crippen LogP contribution in [0.3, 0.4) is 0 Å². The highest BCUT2D eigenvalue weighted by Gasteiger charge is 2.28. The minimum absolute atomic E-state index is 0.551. The third-order valence-corrected chi connectivity index (χ3v) is 4.58. The van der Waals surface area contributed by atoms with Crippen LogP contribution in [0.15, 0.2) is 36.5 Å². The van der Waals surface area contributed by atoms with Crippen LogP contribution in [0.25, 0.3) is 5.69 Å². The van der Waals surface area contributed by atoms with Crippen molar-refractivity contribution < 1.29 is 0 Å². The Morgan fingerprint density at radius 2 is 1.95 bits per heavy atom. The Morgan fingerprint density at radius 1 is 1.14 bits per heavy atom. The number of nitrogens with zero attached hydrogens (tertiary/aromatic N) is 3. The Kier molecular flexibility index (Phi) is 4.65. The van der Waals surface area contributed by atoms with E-state index in [1.165, 1.54) is 37.8 Å². The molecule has 4 nitrogen and oxygen atoms in total. The van der Waals surface area contributed by atoms with Crippen LogP contribution in [0.2, 0.25) is 0 Å². The molecule has 0 aliphatic heterocycles. The standard InChI is InChI=1S/C17H24N4/c1-18-12-14-8-4-2-7-11-16(14)17-13-19-20-21(17)15-9-5-3-6-10-15/h3,5-6,9-10,13-14,16,18H,2,4,7-8,11-12H2,1H3. The number of aromatic nitrogens is 3. The fourth-order valence-corrected chi connectivity index (χ4v) is 3.55. The van der Waals surface area contributed by atoms with Gasteiger partial charge in [-0.15, -0.1) is 5.10 Å². The minimum atomic E-state index is 0.551. The molecule has 0 spiro atoms. The predicted octanol–water partition coefficient (Wildman–Crippen LogP) is 3.15. The number of benzene rings is 1. The second kappa shape index (κ2) is 6.85. The molecule has 2 unspecified atom stereocenters. The van der Waals surface area contributed by atoms with E-state index in [1.807, 2.05) is 16.9 Å². The first-order valence-corrected chi connectivity index (χ1v) is 8.01. The molecule has 3 rings (SSSR count). The number of rotatable bonds is 4. The van der Waals surface area contributed by atoms with Crippen LogP contribution in [-0.2, 0) is 0 Å². The predicted molar refractivity (Wildman–Crippen MR) is 84.6 cm³/mol. The van der Waals surface area contributed by atoms with Crippen molar-refractivity contribution in [2.75, 3.05) is 13.6 Å². The maximum Gasteiger partial charge on any atom is 0.0732 e. The minimum Gasteiger partial charge on any atom is -0.319 e. The highest BCUT2D eigenvalue weighted by molar-refractivity contribution is 5.32. The normalized spacial score (nSPS) is 22.9. The lowest BCUT2D eigenvalue weighted by atomic mass is 9.85. The van der Waals surface area contributed by atoms with Crippen molar-refractivity contribution >= 4 is 0 Å². The molecular weight excluding hydrogens is 260 g/mol. The lowest BCUT2D eigenvalue weighted by molar-refractivity contribution is 0.375. The zero-order chi connectivity index (χ0) is 14.5. The maximum atomic E-state index is 4.33. The van der Waals surface area contributed by atoms with E-state index in [2.05, 4.69) is 46.9 Å². The van der Waals surface area contributed by atoms with Crippen molar-refractivity contribution in [3.63, 3.8) is 0 Å². The van der Waals surface area contributed by atoms with Gasteiger partial charge in [0.2, 0.25) is 0 Å². The van der Waals surface area contributed by atoms with Gasteiger partial charge < -0.3 is 5.32 Å². The largest absolute Gasteiger partial charge is 0.319 e. The molecule has 2 aromatic rings. The van der Waals surface area contributed by atoms with E-state index in [-0.39, 0.29) is 0 Å². The first-order valence-electron chi connectivity index (χ1n) is 8.01. The van der Waals surface area contributed by atoms with Gasteiger partial charge in [0.1, 0.15) is 0 Å². The van der Waals surface area contributed by atoms with E-state index < -0.39 is 0 Å². The summed E-state index contributed by atoms with van der Waals surface area (Å²) in [6.45, 7) is 1.07. The van der Waals surface area contributed by atoms with E-state index in [4.69, 9.17) is 0 Å². The maximum absolute atomic E-state index is 4.33. The summed E-state index contributed by atoms with van der Waals surface area (Å²) in [5, 5.41) is 11.9. The van der Waals surface area contributed by atoms with E-state index in [9.17, 15) is 0 Å². The molecule has 21 heavy (non-hydrogen) atoms. The molecule has 1 fully saturated rings. The van der Waals surface area contributed by atoms with Gasteiger partial charge in [-0.1, -0.05) is 42.7 Å². The van der Waals surface area contributed by atoms with Crippen molar-refractivity contribution in [3.8, 4) is 5.69 Å². The van der Waals surface area contributed by atoms with Gasteiger partial charge in [-0.05, 0) is 44.5 Å². The van der Waals surface area contributed by atoms with Crippen molar-refractivity contribution in [3.05, 3.63) is 42.2 Å². The van der Waals surface area contributed by atoms with Gasteiger partial charge in [-0.2, -0.15) is 0 Å². The Labute approximate surface area is 126 Å². The molecule has 1 N–H and O–H groups in total. The Bertz CT molecular complexity index is 549. The van der Waals surface area contributed by atoms with Gasteiger partial charge in [-0.3, -0.25) is 0 Å². The summed E-state index contributed by atoms with van der Waals surface area (Å²) in [4.78, 5) is 0. The van der Waals surface area contributed by atoms with Gasteiger partial charge >= 0.3 is 0 Å². The molecule has 1 aliphatic carbocycles. The molecule has 0 amide bonds. The lowest BCUT2D eigenvalue weighted by Crippen LogP contribution is -2.25. The summed E-state index contributed by atoms with van der Waals surface area (Å²) in [6, 6.07) is 10.3. The average molecular weight is 284 g/mol.